The third-order valence-electron chi connectivity index (χ3n) is 3.28. The predicted octanol–water partition coefficient (Wildman–Crippen LogP) is 3.17. The highest BCUT2D eigenvalue weighted by Gasteiger charge is 2.16. The lowest BCUT2D eigenvalue weighted by Gasteiger charge is -2.26. The Morgan fingerprint density at radius 1 is 1.12 bits per heavy atom. The van der Waals surface area contributed by atoms with Crippen LogP contribution in [-0.4, -0.2) is 12.6 Å². The second-order valence-electron chi connectivity index (χ2n) is 4.43. The Balaban J connectivity index is 2.65. The van der Waals surface area contributed by atoms with Crippen LogP contribution in [0.25, 0.3) is 0 Å². The molecule has 0 aliphatic heterocycles. The Morgan fingerprint density at radius 2 is 1.69 bits per heavy atom. The highest BCUT2D eigenvalue weighted by Crippen LogP contribution is 2.18. The molecule has 2 heteroatoms. The number of hydrogen-bond donors (Lipinski definition) is 2. The topological polar surface area (TPSA) is 38.0 Å². The molecule has 0 saturated heterocycles. The molecule has 0 saturated carbocycles. The maximum absolute atomic E-state index is 5.84. The van der Waals surface area contributed by atoms with Crippen LogP contribution in [-0.2, 0) is 0 Å². The summed E-state index contributed by atoms with van der Waals surface area (Å²) >= 11 is 0. The summed E-state index contributed by atoms with van der Waals surface area (Å²) in [6.07, 6.45) is 2.36. The molecule has 0 spiro atoms. The van der Waals surface area contributed by atoms with Gasteiger partial charge in [-0.2, -0.15) is 0 Å². The lowest BCUT2D eigenvalue weighted by Crippen LogP contribution is -2.35. The standard InChI is InChI=1S/C14H24N2/c1-4-12(5-2)14(10-15)16-13-8-6-11(3)7-9-13/h6-9,12,14,16H,4-5,10,15H2,1-3H3. The van der Waals surface area contributed by atoms with E-state index >= 15 is 0 Å². The van der Waals surface area contributed by atoms with Crippen LogP contribution >= 0.6 is 0 Å². The van der Waals surface area contributed by atoms with Crippen molar-refractivity contribution in [3.05, 3.63) is 29.8 Å². The van der Waals surface area contributed by atoms with Gasteiger partial charge in [-0.15, -0.1) is 0 Å². The molecular formula is C14H24N2. The van der Waals surface area contributed by atoms with Gasteiger partial charge in [-0.05, 0) is 25.0 Å². The first kappa shape index (κ1) is 13.0. The first-order valence-corrected chi connectivity index (χ1v) is 6.24. The second-order valence-corrected chi connectivity index (χ2v) is 4.43. The molecule has 0 heterocycles. The van der Waals surface area contributed by atoms with Gasteiger partial charge in [0.2, 0.25) is 0 Å². The van der Waals surface area contributed by atoms with Crippen molar-refractivity contribution < 1.29 is 0 Å². The van der Waals surface area contributed by atoms with Crippen molar-refractivity contribution in [2.24, 2.45) is 11.7 Å². The fraction of sp³-hybridized carbons (Fsp3) is 0.571. The van der Waals surface area contributed by atoms with Crippen LogP contribution in [0.4, 0.5) is 5.69 Å². The molecule has 16 heavy (non-hydrogen) atoms. The van der Waals surface area contributed by atoms with E-state index < -0.39 is 0 Å². The van der Waals surface area contributed by atoms with Crippen LogP contribution in [0, 0.1) is 12.8 Å². The van der Waals surface area contributed by atoms with E-state index in [-0.39, 0.29) is 0 Å². The van der Waals surface area contributed by atoms with E-state index in [1.54, 1.807) is 0 Å². The normalized spacial score (nSPS) is 12.8. The quantitative estimate of drug-likeness (QED) is 0.772. The molecule has 2 nitrogen and oxygen atoms in total. The molecule has 0 amide bonds. The van der Waals surface area contributed by atoms with E-state index in [1.807, 2.05) is 0 Å². The van der Waals surface area contributed by atoms with Crippen molar-refractivity contribution in [2.45, 2.75) is 39.7 Å². The Kier molecular flexibility index (Phi) is 5.33. The smallest absolute Gasteiger partial charge is 0.0411 e. The molecule has 1 aromatic rings. The van der Waals surface area contributed by atoms with Crippen LogP contribution in [0.15, 0.2) is 24.3 Å². The Labute approximate surface area is 99.2 Å². The summed E-state index contributed by atoms with van der Waals surface area (Å²) in [5.74, 6) is 0.659. The number of aryl methyl sites for hydroxylation is 1. The first-order valence-electron chi connectivity index (χ1n) is 6.24. The molecule has 1 aromatic carbocycles. The lowest BCUT2D eigenvalue weighted by molar-refractivity contribution is 0.422. The van der Waals surface area contributed by atoms with Gasteiger partial charge in [0, 0.05) is 18.3 Å². The number of hydrogen-bond acceptors (Lipinski definition) is 2. The molecule has 0 fully saturated rings. The maximum Gasteiger partial charge on any atom is 0.0411 e. The van der Waals surface area contributed by atoms with Crippen LogP contribution < -0.4 is 11.1 Å². The average molecular weight is 220 g/mol. The minimum absolute atomic E-state index is 0.387. The maximum atomic E-state index is 5.84. The van der Waals surface area contributed by atoms with Crippen LogP contribution in [0.5, 0.6) is 0 Å². The zero-order chi connectivity index (χ0) is 12.0. The van der Waals surface area contributed by atoms with Gasteiger partial charge in [0.25, 0.3) is 0 Å². The van der Waals surface area contributed by atoms with Gasteiger partial charge in [-0.25, -0.2) is 0 Å². The third kappa shape index (κ3) is 3.53. The summed E-state index contributed by atoms with van der Waals surface area (Å²) in [7, 11) is 0. The number of benzene rings is 1. The molecule has 0 bridgehead atoms. The van der Waals surface area contributed by atoms with Crippen molar-refractivity contribution in [2.75, 3.05) is 11.9 Å². The number of rotatable bonds is 6. The van der Waals surface area contributed by atoms with Crippen molar-refractivity contribution in [1.29, 1.82) is 0 Å². The zero-order valence-corrected chi connectivity index (χ0v) is 10.7. The van der Waals surface area contributed by atoms with Gasteiger partial charge in [0.15, 0.2) is 0 Å². The van der Waals surface area contributed by atoms with E-state index in [0.29, 0.717) is 18.5 Å². The summed E-state index contributed by atoms with van der Waals surface area (Å²) in [5, 5.41) is 3.53. The van der Waals surface area contributed by atoms with Gasteiger partial charge in [-0.1, -0.05) is 44.4 Å². The number of nitrogens with one attached hydrogen (secondary N) is 1. The van der Waals surface area contributed by atoms with E-state index in [4.69, 9.17) is 5.73 Å². The summed E-state index contributed by atoms with van der Waals surface area (Å²) in [5.41, 5.74) is 8.30. The highest BCUT2D eigenvalue weighted by molar-refractivity contribution is 5.45. The molecule has 0 aliphatic carbocycles. The summed E-state index contributed by atoms with van der Waals surface area (Å²) in [6, 6.07) is 8.89. The minimum Gasteiger partial charge on any atom is -0.381 e. The number of nitrogens with two attached hydrogens (primary N) is 1. The van der Waals surface area contributed by atoms with Crippen LogP contribution in [0.2, 0.25) is 0 Å². The molecule has 0 aliphatic rings. The summed E-state index contributed by atoms with van der Waals surface area (Å²) in [4.78, 5) is 0. The first-order chi connectivity index (χ1) is 7.71. The van der Waals surface area contributed by atoms with Crippen molar-refractivity contribution in [3.8, 4) is 0 Å². The fourth-order valence-electron chi connectivity index (χ4n) is 2.09. The van der Waals surface area contributed by atoms with Gasteiger partial charge >= 0.3 is 0 Å². The van der Waals surface area contributed by atoms with Crippen LogP contribution in [0.3, 0.4) is 0 Å². The van der Waals surface area contributed by atoms with Crippen molar-refractivity contribution in [3.63, 3.8) is 0 Å². The van der Waals surface area contributed by atoms with E-state index in [0.717, 1.165) is 0 Å². The minimum atomic E-state index is 0.387. The highest BCUT2D eigenvalue weighted by atomic mass is 14.9. The third-order valence-corrected chi connectivity index (χ3v) is 3.28. The number of anilines is 1. The van der Waals surface area contributed by atoms with Gasteiger partial charge in [0.05, 0.1) is 0 Å². The van der Waals surface area contributed by atoms with Gasteiger partial charge in [0.1, 0.15) is 0 Å². The SMILES string of the molecule is CCC(CC)C(CN)Nc1ccc(C)cc1. The Bertz CT molecular complexity index is 288. The van der Waals surface area contributed by atoms with E-state index in [9.17, 15) is 0 Å². The molecule has 90 valence electrons. The largest absolute Gasteiger partial charge is 0.381 e. The molecular weight excluding hydrogens is 196 g/mol. The average Bonchev–Trinajstić information content (AvgIpc) is 2.32. The molecule has 1 atom stereocenters. The van der Waals surface area contributed by atoms with E-state index in [2.05, 4.69) is 50.4 Å². The zero-order valence-electron chi connectivity index (χ0n) is 10.7. The predicted molar refractivity (Wildman–Crippen MR) is 71.7 cm³/mol. The molecule has 3 N–H and O–H groups in total. The monoisotopic (exact) mass is 220 g/mol. The van der Waals surface area contributed by atoms with E-state index in [1.165, 1.54) is 24.1 Å². The molecule has 1 unspecified atom stereocenters. The second kappa shape index (κ2) is 6.54. The molecule has 1 rings (SSSR count). The van der Waals surface area contributed by atoms with Crippen molar-refractivity contribution in [1.82, 2.24) is 0 Å². The van der Waals surface area contributed by atoms with Gasteiger partial charge < -0.3 is 11.1 Å². The Hall–Kier alpha value is -1.02. The van der Waals surface area contributed by atoms with Crippen molar-refractivity contribution >= 4 is 5.69 Å². The lowest BCUT2D eigenvalue weighted by atomic mass is 9.94. The Morgan fingerprint density at radius 3 is 2.12 bits per heavy atom. The summed E-state index contributed by atoms with van der Waals surface area (Å²) in [6.45, 7) is 7.26. The summed E-state index contributed by atoms with van der Waals surface area (Å²) < 4.78 is 0. The fourth-order valence-corrected chi connectivity index (χ4v) is 2.09. The molecule has 0 radical (unpaired) electrons. The molecule has 0 aromatic heterocycles. The van der Waals surface area contributed by atoms with Gasteiger partial charge in [-0.3, -0.25) is 0 Å². The van der Waals surface area contributed by atoms with Crippen LogP contribution in [0.1, 0.15) is 32.3 Å².